The molecule has 0 bridgehead atoms. The first-order valence-electron chi connectivity index (χ1n) is 6.17. The Balaban J connectivity index is 1.89. The van der Waals surface area contributed by atoms with Crippen molar-refractivity contribution in [3.63, 3.8) is 0 Å². The number of non-ortho nitro benzene ring substituents is 1. The number of hydrogen-bond acceptors (Lipinski definition) is 4. The van der Waals surface area contributed by atoms with Gasteiger partial charge in [0, 0.05) is 18.4 Å². The second-order valence-electron chi connectivity index (χ2n) is 4.56. The van der Waals surface area contributed by atoms with Gasteiger partial charge in [-0.1, -0.05) is 0 Å². The number of ketones is 1. The van der Waals surface area contributed by atoms with Crippen LogP contribution in [0.1, 0.15) is 25.7 Å². The highest BCUT2D eigenvalue weighted by Crippen LogP contribution is 2.26. The fourth-order valence-electron chi connectivity index (χ4n) is 2.22. The summed E-state index contributed by atoms with van der Waals surface area (Å²) in [6.07, 6.45) is 2.96. The van der Waals surface area contributed by atoms with Gasteiger partial charge in [-0.2, -0.15) is 0 Å². The Kier molecular flexibility index (Phi) is 4.09. The summed E-state index contributed by atoms with van der Waals surface area (Å²) >= 11 is 0. The van der Waals surface area contributed by atoms with E-state index in [0.29, 0.717) is 12.8 Å². The first kappa shape index (κ1) is 13.5. The average molecular weight is 267 g/mol. The van der Waals surface area contributed by atoms with Gasteiger partial charge in [0.2, 0.25) is 0 Å². The van der Waals surface area contributed by atoms with Crippen LogP contribution in [0.2, 0.25) is 0 Å². The van der Waals surface area contributed by atoms with Crippen molar-refractivity contribution in [1.82, 2.24) is 0 Å². The van der Waals surface area contributed by atoms with E-state index in [2.05, 4.69) is 0 Å². The SMILES string of the molecule is O=C1CCCC1CCOc1ccc([N+](=O)[O-])cc1F. The highest BCUT2D eigenvalue weighted by atomic mass is 19.1. The average Bonchev–Trinajstić information content (AvgIpc) is 2.77. The number of ether oxygens (including phenoxy) is 1. The highest BCUT2D eigenvalue weighted by Gasteiger charge is 2.24. The maximum absolute atomic E-state index is 13.5. The zero-order valence-corrected chi connectivity index (χ0v) is 10.3. The quantitative estimate of drug-likeness (QED) is 0.607. The van der Waals surface area contributed by atoms with Crippen LogP contribution >= 0.6 is 0 Å². The molecule has 0 saturated heterocycles. The molecule has 0 aliphatic heterocycles. The number of nitrogens with zero attached hydrogens (tertiary/aromatic N) is 1. The van der Waals surface area contributed by atoms with Crippen LogP contribution < -0.4 is 4.74 Å². The van der Waals surface area contributed by atoms with E-state index in [9.17, 15) is 19.3 Å². The Morgan fingerprint density at radius 3 is 2.84 bits per heavy atom. The van der Waals surface area contributed by atoms with E-state index in [1.54, 1.807) is 0 Å². The van der Waals surface area contributed by atoms with Gasteiger partial charge in [-0.25, -0.2) is 4.39 Å². The van der Waals surface area contributed by atoms with E-state index in [4.69, 9.17) is 4.74 Å². The fraction of sp³-hybridized carbons (Fsp3) is 0.462. The summed E-state index contributed by atoms with van der Waals surface area (Å²) < 4.78 is 18.7. The number of halogens is 1. The van der Waals surface area contributed by atoms with Crippen LogP contribution in [0, 0.1) is 21.8 Å². The van der Waals surface area contributed by atoms with Gasteiger partial charge in [-0.3, -0.25) is 14.9 Å². The Morgan fingerprint density at radius 1 is 1.47 bits per heavy atom. The molecular formula is C13H14FNO4. The Labute approximate surface area is 109 Å². The minimum Gasteiger partial charge on any atom is -0.490 e. The maximum Gasteiger partial charge on any atom is 0.272 e. The third kappa shape index (κ3) is 3.27. The second kappa shape index (κ2) is 5.77. The van der Waals surface area contributed by atoms with Gasteiger partial charge in [-0.15, -0.1) is 0 Å². The minimum atomic E-state index is -0.757. The molecule has 1 aromatic carbocycles. The summed E-state index contributed by atoms with van der Waals surface area (Å²) in [5.74, 6) is -0.517. The molecule has 0 radical (unpaired) electrons. The summed E-state index contributed by atoms with van der Waals surface area (Å²) in [6, 6.07) is 3.26. The number of Topliss-reactive ketones (excluding diaryl/α,β-unsaturated/α-hetero) is 1. The highest BCUT2D eigenvalue weighted by molar-refractivity contribution is 5.82. The fourth-order valence-corrected chi connectivity index (χ4v) is 2.22. The summed E-state index contributed by atoms with van der Waals surface area (Å²) in [6.45, 7) is 0.241. The third-order valence-corrected chi connectivity index (χ3v) is 3.28. The predicted molar refractivity (Wildman–Crippen MR) is 65.5 cm³/mol. The van der Waals surface area contributed by atoms with E-state index in [-0.39, 0.29) is 29.7 Å². The molecule has 0 spiro atoms. The zero-order valence-electron chi connectivity index (χ0n) is 10.3. The van der Waals surface area contributed by atoms with Gasteiger partial charge < -0.3 is 4.74 Å². The molecule has 1 aliphatic carbocycles. The molecule has 1 saturated carbocycles. The Bertz CT molecular complexity index is 503. The lowest BCUT2D eigenvalue weighted by atomic mass is 10.0. The summed E-state index contributed by atoms with van der Waals surface area (Å²) in [5, 5.41) is 10.4. The molecule has 1 aromatic rings. The number of rotatable bonds is 5. The molecule has 2 rings (SSSR count). The Hall–Kier alpha value is -1.98. The summed E-state index contributed by atoms with van der Waals surface area (Å²) in [7, 11) is 0. The molecule has 1 aliphatic rings. The molecular weight excluding hydrogens is 253 g/mol. The van der Waals surface area contributed by atoms with Crippen LogP contribution in [-0.2, 0) is 4.79 Å². The molecule has 1 fully saturated rings. The predicted octanol–water partition coefficient (Wildman–Crippen LogP) is 2.87. The van der Waals surface area contributed by atoms with Crippen LogP contribution in [0.4, 0.5) is 10.1 Å². The van der Waals surface area contributed by atoms with E-state index < -0.39 is 10.7 Å². The Morgan fingerprint density at radius 2 is 2.26 bits per heavy atom. The second-order valence-corrected chi connectivity index (χ2v) is 4.56. The van der Waals surface area contributed by atoms with Crippen molar-refractivity contribution in [2.45, 2.75) is 25.7 Å². The van der Waals surface area contributed by atoms with Gasteiger partial charge in [0.15, 0.2) is 11.6 Å². The van der Waals surface area contributed by atoms with Crippen LogP contribution in [0.3, 0.4) is 0 Å². The smallest absolute Gasteiger partial charge is 0.272 e. The number of nitro benzene ring substituents is 1. The normalized spacial score (nSPS) is 18.6. The van der Waals surface area contributed by atoms with Crippen molar-refractivity contribution in [1.29, 1.82) is 0 Å². The zero-order chi connectivity index (χ0) is 13.8. The molecule has 6 heteroatoms. The molecule has 0 aromatic heterocycles. The number of carbonyl (C=O) groups excluding carboxylic acids is 1. The molecule has 0 heterocycles. The first-order chi connectivity index (χ1) is 9.08. The number of hydrogen-bond donors (Lipinski definition) is 0. The molecule has 19 heavy (non-hydrogen) atoms. The topological polar surface area (TPSA) is 69.4 Å². The standard InChI is InChI=1S/C13H14FNO4/c14-11-8-10(15(17)18)4-5-13(11)19-7-6-9-2-1-3-12(9)16/h4-5,8-9H,1-3,6-7H2. The van der Waals surface area contributed by atoms with Gasteiger partial charge in [0.1, 0.15) is 5.78 Å². The van der Waals surface area contributed by atoms with E-state index in [1.807, 2.05) is 0 Å². The van der Waals surface area contributed by atoms with Crippen molar-refractivity contribution < 1.29 is 18.8 Å². The van der Waals surface area contributed by atoms with Gasteiger partial charge in [0.05, 0.1) is 17.6 Å². The van der Waals surface area contributed by atoms with E-state index in [1.165, 1.54) is 12.1 Å². The monoisotopic (exact) mass is 267 g/mol. The number of benzene rings is 1. The molecule has 1 unspecified atom stereocenters. The van der Waals surface area contributed by atoms with Crippen molar-refractivity contribution in [2.24, 2.45) is 5.92 Å². The molecule has 5 nitrogen and oxygen atoms in total. The van der Waals surface area contributed by atoms with Crippen LogP contribution in [0.15, 0.2) is 18.2 Å². The number of carbonyl (C=O) groups is 1. The van der Waals surface area contributed by atoms with Crippen molar-refractivity contribution in [3.8, 4) is 5.75 Å². The lowest BCUT2D eigenvalue weighted by Gasteiger charge is -2.10. The van der Waals surface area contributed by atoms with Gasteiger partial charge in [0.25, 0.3) is 5.69 Å². The minimum absolute atomic E-state index is 0.0149. The van der Waals surface area contributed by atoms with Crippen LogP contribution in [0.25, 0.3) is 0 Å². The first-order valence-corrected chi connectivity index (χ1v) is 6.17. The van der Waals surface area contributed by atoms with Crippen molar-refractivity contribution in [2.75, 3.05) is 6.61 Å². The van der Waals surface area contributed by atoms with E-state index >= 15 is 0 Å². The van der Waals surface area contributed by atoms with Crippen LogP contribution in [0.5, 0.6) is 5.75 Å². The molecule has 0 N–H and O–H groups in total. The largest absolute Gasteiger partial charge is 0.490 e. The molecule has 1 atom stereocenters. The summed E-state index contributed by atoms with van der Waals surface area (Å²) in [4.78, 5) is 21.2. The number of nitro groups is 1. The lowest BCUT2D eigenvalue weighted by molar-refractivity contribution is -0.385. The van der Waals surface area contributed by atoms with Crippen molar-refractivity contribution in [3.05, 3.63) is 34.1 Å². The maximum atomic E-state index is 13.5. The van der Waals surface area contributed by atoms with Crippen LogP contribution in [-0.4, -0.2) is 17.3 Å². The van der Waals surface area contributed by atoms with Gasteiger partial charge in [-0.05, 0) is 25.3 Å². The molecule has 102 valence electrons. The third-order valence-electron chi connectivity index (χ3n) is 3.28. The van der Waals surface area contributed by atoms with Crippen molar-refractivity contribution >= 4 is 11.5 Å². The molecule has 0 amide bonds. The van der Waals surface area contributed by atoms with Gasteiger partial charge >= 0.3 is 0 Å². The summed E-state index contributed by atoms with van der Waals surface area (Å²) in [5.41, 5.74) is -0.309. The van der Waals surface area contributed by atoms with E-state index in [0.717, 1.165) is 18.9 Å². The lowest BCUT2D eigenvalue weighted by Crippen LogP contribution is -2.11.